The molecule has 174 valence electrons. The van der Waals surface area contributed by atoms with Crippen molar-refractivity contribution in [3.05, 3.63) is 94.2 Å². The topological polar surface area (TPSA) is 127 Å². The Balaban J connectivity index is 1.76. The fourth-order valence-corrected chi connectivity index (χ4v) is 4.74. The van der Waals surface area contributed by atoms with Crippen LogP contribution in [0.1, 0.15) is 17.0 Å². The van der Waals surface area contributed by atoms with Gasteiger partial charge in [0.15, 0.2) is 5.41 Å². The minimum atomic E-state index is -2.11. The van der Waals surface area contributed by atoms with Gasteiger partial charge in [0.05, 0.1) is 23.4 Å². The number of carbonyl (C=O) groups is 1. The molecule has 1 amide bonds. The van der Waals surface area contributed by atoms with Crippen molar-refractivity contribution in [2.75, 3.05) is 13.1 Å². The summed E-state index contributed by atoms with van der Waals surface area (Å²) in [6.45, 7) is 0.0528. The minimum Gasteiger partial charge on any atom is -0.445 e. The highest BCUT2D eigenvalue weighted by molar-refractivity contribution is 5.69. The summed E-state index contributed by atoms with van der Waals surface area (Å²) >= 11 is 0. The van der Waals surface area contributed by atoms with Crippen molar-refractivity contribution < 1.29 is 18.3 Å². The lowest BCUT2D eigenvalue weighted by Crippen LogP contribution is -2.49. The molecule has 2 atom stereocenters. The van der Waals surface area contributed by atoms with Crippen LogP contribution in [-0.2, 0) is 11.3 Å². The van der Waals surface area contributed by atoms with Crippen LogP contribution in [0, 0.1) is 57.0 Å². The zero-order valence-electron chi connectivity index (χ0n) is 18.4. The first-order valence-electron chi connectivity index (χ1n) is 10.7. The fraction of sp³-hybridized carbons (Fsp3) is 0.231. The normalized spacial score (nSPS) is 20.5. The predicted octanol–water partition coefficient (Wildman–Crippen LogP) is 4.03. The molecule has 0 saturated carbocycles. The van der Waals surface area contributed by atoms with Gasteiger partial charge in [-0.15, -0.1) is 0 Å². The molecule has 2 aliphatic rings. The molecule has 0 saturated heterocycles. The summed E-state index contributed by atoms with van der Waals surface area (Å²) in [5.74, 6) is -3.82. The second kappa shape index (κ2) is 9.29. The van der Waals surface area contributed by atoms with Gasteiger partial charge >= 0.3 is 6.09 Å². The average Bonchev–Trinajstić information content (AvgIpc) is 2.87. The summed E-state index contributed by atoms with van der Waals surface area (Å²) in [7, 11) is 0. The first kappa shape index (κ1) is 23.5. The van der Waals surface area contributed by atoms with Crippen molar-refractivity contribution in [2.24, 2.45) is 17.1 Å². The lowest BCUT2D eigenvalue weighted by atomic mass is 9.58. The summed E-state index contributed by atoms with van der Waals surface area (Å²) in [5, 5.41) is 29.9. The van der Waals surface area contributed by atoms with E-state index in [2.05, 4.69) is 0 Å². The Morgan fingerprint density at radius 2 is 1.86 bits per heavy atom. The van der Waals surface area contributed by atoms with Crippen molar-refractivity contribution in [3.8, 4) is 18.2 Å². The molecule has 1 aliphatic carbocycles. The standard InChI is InChI=1S/C26H19F2N5O2/c27-17-6-7-19(22(28)10-17)23-21-12-33(25(34)35-13-16-4-2-1-3-5-16)9-8-18(21)20(11-29)24(32)26(23,14-30)15-31/h1-8,10,21,23H,9,12-13,32H2/t21-,23-/m0/s1. The van der Waals surface area contributed by atoms with E-state index in [0.29, 0.717) is 11.6 Å². The zero-order valence-corrected chi connectivity index (χ0v) is 18.4. The monoisotopic (exact) mass is 471 g/mol. The Morgan fingerprint density at radius 1 is 1.14 bits per heavy atom. The van der Waals surface area contributed by atoms with E-state index in [1.54, 1.807) is 18.2 Å². The van der Waals surface area contributed by atoms with Crippen molar-refractivity contribution in [3.63, 3.8) is 0 Å². The lowest BCUT2D eigenvalue weighted by Gasteiger charge is -2.45. The van der Waals surface area contributed by atoms with Gasteiger partial charge in [-0.1, -0.05) is 42.5 Å². The number of carbonyl (C=O) groups excluding carboxylic acids is 1. The molecule has 9 heteroatoms. The lowest BCUT2D eigenvalue weighted by molar-refractivity contribution is 0.0897. The number of benzene rings is 2. The first-order valence-corrected chi connectivity index (χ1v) is 10.7. The SMILES string of the molecule is N#CC1=C(N)C(C#N)(C#N)[C@@H](c2ccc(F)cc2F)[C@H]2CN(C(=O)OCc3ccccc3)CC=C12. The van der Waals surface area contributed by atoms with Crippen LogP contribution >= 0.6 is 0 Å². The van der Waals surface area contributed by atoms with Crippen molar-refractivity contribution in [1.29, 1.82) is 15.8 Å². The van der Waals surface area contributed by atoms with E-state index in [9.17, 15) is 29.4 Å². The molecule has 35 heavy (non-hydrogen) atoms. The van der Waals surface area contributed by atoms with E-state index in [1.165, 1.54) is 4.90 Å². The summed E-state index contributed by atoms with van der Waals surface area (Å²) in [6.07, 6.45) is 0.944. The Kier molecular flexibility index (Phi) is 6.23. The Hall–Kier alpha value is -4.68. The zero-order chi connectivity index (χ0) is 25.2. The van der Waals surface area contributed by atoms with E-state index in [0.717, 1.165) is 17.7 Å². The quantitative estimate of drug-likeness (QED) is 0.720. The van der Waals surface area contributed by atoms with Gasteiger partial charge in [0, 0.05) is 31.0 Å². The van der Waals surface area contributed by atoms with Crippen LogP contribution < -0.4 is 5.73 Å². The number of hydrogen-bond acceptors (Lipinski definition) is 6. The van der Waals surface area contributed by atoms with Crippen LogP contribution in [0.2, 0.25) is 0 Å². The van der Waals surface area contributed by atoms with Gasteiger partial charge in [-0.2, -0.15) is 15.8 Å². The number of amides is 1. The number of ether oxygens (including phenoxy) is 1. The van der Waals surface area contributed by atoms with Gasteiger partial charge in [0.25, 0.3) is 0 Å². The van der Waals surface area contributed by atoms with Crippen LogP contribution in [0.15, 0.2) is 71.5 Å². The van der Waals surface area contributed by atoms with Crippen molar-refractivity contribution in [1.82, 2.24) is 4.90 Å². The highest BCUT2D eigenvalue weighted by Gasteiger charge is 2.55. The van der Waals surface area contributed by atoms with Crippen LogP contribution in [0.4, 0.5) is 13.6 Å². The average molecular weight is 471 g/mol. The number of rotatable bonds is 3. The van der Waals surface area contributed by atoms with Crippen LogP contribution in [0.3, 0.4) is 0 Å². The van der Waals surface area contributed by atoms with Gasteiger partial charge in [-0.25, -0.2) is 13.6 Å². The molecule has 1 aliphatic heterocycles. The molecule has 0 bridgehead atoms. The Labute approximate surface area is 200 Å². The molecule has 0 spiro atoms. The third-order valence-electron chi connectivity index (χ3n) is 6.43. The molecule has 7 nitrogen and oxygen atoms in total. The molecule has 1 heterocycles. The van der Waals surface area contributed by atoms with Crippen molar-refractivity contribution in [2.45, 2.75) is 12.5 Å². The van der Waals surface area contributed by atoms with Gasteiger partial charge in [-0.05, 0) is 22.8 Å². The molecule has 0 unspecified atom stereocenters. The molecular formula is C26H19F2N5O2. The number of allylic oxidation sites excluding steroid dienone is 2. The fourth-order valence-electron chi connectivity index (χ4n) is 4.74. The molecule has 0 aromatic heterocycles. The Bertz CT molecular complexity index is 1350. The number of fused-ring (bicyclic) bond motifs is 1. The number of hydrogen-bond donors (Lipinski definition) is 1. The van der Waals surface area contributed by atoms with Gasteiger partial charge in [0.2, 0.25) is 0 Å². The van der Waals surface area contributed by atoms with E-state index in [1.807, 2.05) is 36.4 Å². The summed E-state index contributed by atoms with van der Waals surface area (Å²) in [6, 6.07) is 17.6. The molecule has 2 aromatic carbocycles. The largest absolute Gasteiger partial charge is 0.445 e. The highest BCUT2D eigenvalue weighted by Crippen LogP contribution is 2.54. The third-order valence-corrected chi connectivity index (χ3v) is 6.43. The third kappa shape index (κ3) is 3.96. The molecule has 0 radical (unpaired) electrons. The summed E-state index contributed by atoms with van der Waals surface area (Å²) in [4.78, 5) is 14.2. The van der Waals surface area contributed by atoms with Crippen LogP contribution in [0.5, 0.6) is 0 Å². The maximum Gasteiger partial charge on any atom is 0.410 e. The van der Waals surface area contributed by atoms with Crippen LogP contribution in [0.25, 0.3) is 0 Å². The summed E-state index contributed by atoms with van der Waals surface area (Å²) < 4.78 is 34.0. The van der Waals surface area contributed by atoms with E-state index >= 15 is 0 Å². The second-order valence-corrected chi connectivity index (χ2v) is 8.29. The van der Waals surface area contributed by atoms with E-state index in [-0.39, 0.29) is 36.5 Å². The van der Waals surface area contributed by atoms with Gasteiger partial charge in [0.1, 0.15) is 24.3 Å². The van der Waals surface area contributed by atoms with E-state index < -0.39 is 35.0 Å². The first-order chi connectivity index (χ1) is 16.9. The van der Waals surface area contributed by atoms with E-state index in [4.69, 9.17) is 10.5 Å². The Morgan fingerprint density at radius 3 is 2.49 bits per heavy atom. The van der Waals surface area contributed by atoms with Gasteiger partial charge < -0.3 is 15.4 Å². The predicted molar refractivity (Wildman–Crippen MR) is 119 cm³/mol. The number of nitrogens with two attached hydrogens (primary N) is 1. The minimum absolute atomic E-state index is 0.0318. The molecule has 2 aromatic rings. The molecule has 4 rings (SSSR count). The number of nitrogens with zero attached hydrogens (tertiary/aromatic N) is 4. The maximum absolute atomic E-state index is 15.0. The highest BCUT2D eigenvalue weighted by atomic mass is 19.1. The molecule has 0 fully saturated rings. The number of nitriles is 3. The molecular weight excluding hydrogens is 452 g/mol. The smallest absolute Gasteiger partial charge is 0.410 e. The maximum atomic E-state index is 15.0. The van der Waals surface area contributed by atoms with Crippen LogP contribution in [-0.4, -0.2) is 24.1 Å². The molecule has 2 N–H and O–H groups in total. The van der Waals surface area contributed by atoms with Crippen molar-refractivity contribution >= 4 is 6.09 Å². The summed E-state index contributed by atoms with van der Waals surface area (Å²) in [5.41, 5.74) is 4.82. The second-order valence-electron chi connectivity index (χ2n) is 8.29. The number of halogens is 2. The van der Waals surface area contributed by atoms with Gasteiger partial charge in [-0.3, -0.25) is 0 Å².